The van der Waals surface area contributed by atoms with Crippen LogP contribution >= 0.6 is 0 Å². The van der Waals surface area contributed by atoms with E-state index in [0.29, 0.717) is 5.41 Å². The Labute approximate surface area is 97.0 Å². The Balaban J connectivity index is 2.32. The van der Waals surface area contributed by atoms with E-state index in [2.05, 4.69) is 10.5 Å². The lowest BCUT2D eigenvalue weighted by molar-refractivity contribution is 0.171. The van der Waals surface area contributed by atoms with Gasteiger partial charge in [0.25, 0.3) is 0 Å². The van der Waals surface area contributed by atoms with E-state index in [1.165, 1.54) is 12.8 Å². The second-order valence-electron chi connectivity index (χ2n) is 4.61. The molecule has 0 saturated heterocycles. The molecule has 0 heterocycles. The first kappa shape index (κ1) is 13.3. The predicted octanol–water partition coefficient (Wildman–Crippen LogP) is 0.918. The van der Waals surface area contributed by atoms with E-state index in [-0.39, 0.29) is 11.9 Å². The molecule has 1 unspecified atom stereocenters. The second kappa shape index (κ2) is 6.06. The van der Waals surface area contributed by atoms with E-state index < -0.39 is 0 Å². The Morgan fingerprint density at radius 3 is 2.75 bits per heavy atom. The first-order valence-corrected chi connectivity index (χ1v) is 5.87. The quantitative estimate of drug-likeness (QED) is 0.250. The average Bonchev–Trinajstić information content (AvgIpc) is 3.07. The maximum atomic E-state index is 8.63. The molecule has 0 aromatic rings. The van der Waals surface area contributed by atoms with E-state index in [4.69, 9.17) is 15.7 Å². The summed E-state index contributed by atoms with van der Waals surface area (Å²) in [7, 11) is 1.73. The lowest BCUT2D eigenvalue weighted by atomic mass is 10.0. The number of ether oxygens (including phenoxy) is 1. The molecule has 5 heteroatoms. The number of hydrogen-bond acceptors (Lipinski definition) is 4. The van der Waals surface area contributed by atoms with Crippen molar-refractivity contribution in [1.82, 2.24) is 5.32 Å². The third-order valence-electron chi connectivity index (χ3n) is 3.40. The van der Waals surface area contributed by atoms with Crippen molar-refractivity contribution in [3.05, 3.63) is 0 Å². The minimum absolute atomic E-state index is 0.0231. The number of nitrogens with one attached hydrogen (secondary N) is 1. The fourth-order valence-corrected chi connectivity index (χ4v) is 1.88. The lowest BCUT2D eigenvalue weighted by Crippen LogP contribution is -2.43. The van der Waals surface area contributed by atoms with Gasteiger partial charge in [0.05, 0.1) is 6.04 Å². The van der Waals surface area contributed by atoms with Crippen LogP contribution in [0.15, 0.2) is 5.16 Å². The molecule has 94 valence electrons. The number of amidine groups is 1. The van der Waals surface area contributed by atoms with Crippen molar-refractivity contribution in [2.75, 3.05) is 20.3 Å². The Morgan fingerprint density at radius 1 is 1.62 bits per heavy atom. The van der Waals surface area contributed by atoms with Gasteiger partial charge in [0.1, 0.15) is 0 Å². The zero-order valence-electron chi connectivity index (χ0n) is 10.2. The van der Waals surface area contributed by atoms with E-state index in [0.717, 1.165) is 26.0 Å². The van der Waals surface area contributed by atoms with Crippen molar-refractivity contribution >= 4 is 5.84 Å². The third kappa shape index (κ3) is 3.64. The Bertz CT molecular complexity index is 239. The van der Waals surface area contributed by atoms with Crippen molar-refractivity contribution in [3.8, 4) is 0 Å². The highest BCUT2D eigenvalue weighted by molar-refractivity contribution is 5.85. The van der Waals surface area contributed by atoms with E-state index >= 15 is 0 Å². The van der Waals surface area contributed by atoms with Gasteiger partial charge in [0.2, 0.25) is 0 Å². The first-order chi connectivity index (χ1) is 7.67. The molecule has 1 aliphatic rings. The van der Waals surface area contributed by atoms with Crippen LogP contribution in [-0.4, -0.2) is 37.3 Å². The summed E-state index contributed by atoms with van der Waals surface area (Å²) in [4.78, 5) is 0. The molecule has 4 N–H and O–H groups in total. The van der Waals surface area contributed by atoms with Crippen LogP contribution in [0.3, 0.4) is 0 Å². The minimum atomic E-state index is -0.0231. The van der Waals surface area contributed by atoms with E-state index in [9.17, 15) is 0 Å². The fourth-order valence-electron chi connectivity index (χ4n) is 1.88. The average molecular weight is 229 g/mol. The smallest absolute Gasteiger partial charge is 0.156 e. The molecule has 0 radical (unpaired) electrons. The fraction of sp³-hybridized carbons (Fsp3) is 0.909. The summed E-state index contributed by atoms with van der Waals surface area (Å²) in [5.41, 5.74) is 5.98. The molecule has 1 saturated carbocycles. The standard InChI is InChI=1S/C11H23N3O2/c1-3-9(10(12)14-15)13-8-11(4-5-11)6-7-16-2/h9,13,15H,3-8H2,1-2H3,(H2,12,14). The summed E-state index contributed by atoms with van der Waals surface area (Å²) >= 11 is 0. The van der Waals surface area contributed by atoms with E-state index in [1.54, 1.807) is 7.11 Å². The van der Waals surface area contributed by atoms with Crippen LogP contribution in [0.1, 0.15) is 32.6 Å². The van der Waals surface area contributed by atoms with Crippen molar-refractivity contribution in [2.24, 2.45) is 16.3 Å². The summed E-state index contributed by atoms with van der Waals surface area (Å²) in [5.74, 6) is 0.269. The Hall–Kier alpha value is -0.810. The van der Waals surface area contributed by atoms with Gasteiger partial charge >= 0.3 is 0 Å². The maximum Gasteiger partial charge on any atom is 0.156 e. The summed E-state index contributed by atoms with van der Waals surface area (Å²) in [6.45, 7) is 3.75. The maximum absolute atomic E-state index is 8.63. The van der Waals surface area contributed by atoms with Crippen molar-refractivity contribution < 1.29 is 9.94 Å². The van der Waals surface area contributed by atoms with Gasteiger partial charge in [-0.15, -0.1) is 0 Å². The monoisotopic (exact) mass is 229 g/mol. The number of oxime groups is 1. The number of nitrogens with zero attached hydrogens (tertiary/aromatic N) is 1. The molecule has 1 atom stereocenters. The van der Waals surface area contributed by atoms with Crippen LogP contribution in [0.4, 0.5) is 0 Å². The molecule has 5 nitrogen and oxygen atoms in total. The van der Waals surface area contributed by atoms with Gasteiger partial charge < -0.3 is 21.0 Å². The van der Waals surface area contributed by atoms with Gasteiger partial charge in [0.15, 0.2) is 5.84 Å². The zero-order chi connectivity index (χ0) is 12.0. The highest BCUT2D eigenvalue weighted by atomic mass is 16.5. The molecule has 1 aliphatic carbocycles. The predicted molar refractivity (Wildman–Crippen MR) is 63.7 cm³/mol. The van der Waals surface area contributed by atoms with Crippen LogP contribution < -0.4 is 11.1 Å². The molecule has 1 rings (SSSR count). The summed E-state index contributed by atoms with van der Waals surface area (Å²) in [5, 5.41) is 15.0. The first-order valence-electron chi connectivity index (χ1n) is 5.87. The second-order valence-corrected chi connectivity index (χ2v) is 4.61. The van der Waals surface area contributed by atoms with Gasteiger partial charge in [-0.05, 0) is 31.1 Å². The molecule has 1 fully saturated rings. The topological polar surface area (TPSA) is 79.9 Å². The summed E-state index contributed by atoms with van der Waals surface area (Å²) < 4.78 is 5.10. The molecule has 0 bridgehead atoms. The third-order valence-corrected chi connectivity index (χ3v) is 3.40. The van der Waals surface area contributed by atoms with Crippen molar-refractivity contribution in [1.29, 1.82) is 0 Å². The van der Waals surface area contributed by atoms with Gasteiger partial charge in [0, 0.05) is 20.3 Å². The number of nitrogens with two attached hydrogens (primary N) is 1. The molecule has 0 amide bonds. The summed E-state index contributed by atoms with van der Waals surface area (Å²) in [6.07, 6.45) is 4.41. The van der Waals surface area contributed by atoms with Crippen LogP contribution in [0.5, 0.6) is 0 Å². The molecule has 0 aromatic heterocycles. The van der Waals surface area contributed by atoms with Gasteiger partial charge in [-0.1, -0.05) is 12.1 Å². The summed E-state index contributed by atoms with van der Waals surface area (Å²) in [6, 6.07) is -0.0231. The number of rotatable bonds is 8. The minimum Gasteiger partial charge on any atom is -0.409 e. The van der Waals surface area contributed by atoms with Crippen molar-refractivity contribution in [2.45, 2.75) is 38.6 Å². The van der Waals surface area contributed by atoms with Crippen LogP contribution in [-0.2, 0) is 4.74 Å². The molecule has 0 aromatic carbocycles. The molecular formula is C11H23N3O2. The number of methoxy groups -OCH3 is 1. The normalized spacial score (nSPS) is 20.8. The molecule has 0 spiro atoms. The molecule has 16 heavy (non-hydrogen) atoms. The van der Waals surface area contributed by atoms with E-state index in [1.807, 2.05) is 6.92 Å². The lowest BCUT2D eigenvalue weighted by Gasteiger charge is -2.20. The van der Waals surface area contributed by atoms with Crippen molar-refractivity contribution in [3.63, 3.8) is 0 Å². The van der Waals surface area contributed by atoms with Crippen LogP contribution in [0.2, 0.25) is 0 Å². The molecular weight excluding hydrogens is 206 g/mol. The van der Waals surface area contributed by atoms with Gasteiger partial charge in [-0.25, -0.2) is 0 Å². The zero-order valence-corrected chi connectivity index (χ0v) is 10.2. The Kier molecular flexibility index (Phi) is 5.02. The number of hydrogen-bond donors (Lipinski definition) is 3. The highest BCUT2D eigenvalue weighted by Gasteiger charge is 2.42. The van der Waals surface area contributed by atoms with Gasteiger partial charge in [-0.2, -0.15) is 0 Å². The Morgan fingerprint density at radius 2 is 2.31 bits per heavy atom. The van der Waals surface area contributed by atoms with Crippen LogP contribution in [0, 0.1) is 5.41 Å². The largest absolute Gasteiger partial charge is 0.409 e. The van der Waals surface area contributed by atoms with Gasteiger partial charge in [-0.3, -0.25) is 0 Å². The molecule has 0 aliphatic heterocycles. The van der Waals surface area contributed by atoms with Crippen LogP contribution in [0.25, 0.3) is 0 Å². The highest BCUT2D eigenvalue weighted by Crippen LogP contribution is 2.48. The SMILES string of the molecule is CCC(NCC1(CCOC)CC1)C(N)=NO.